The molecule has 0 amide bonds. The molecule has 0 aromatic carbocycles. The molecule has 0 unspecified atom stereocenters. The summed E-state index contributed by atoms with van der Waals surface area (Å²) in [7, 11) is -14.6. The van der Waals surface area contributed by atoms with E-state index in [9.17, 15) is 38.9 Å². The van der Waals surface area contributed by atoms with Crippen molar-refractivity contribution in [2.45, 2.75) is 117 Å². The molecule has 0 aliphatic carbocycles. The lowest BCUT2D eigenvalue weighted by Gasteiger charge is -2.20. The van der Waals surface area contributed by atoms with Crippen LogP contribution in [0.25, 0.3) is 0 Å². The Morgan fingerprint density at radius 1 is 0.533 bits per heavy atom. The van der Waals surface area contributed by atoms with Crippen molar-refractivity contribution in [3.05, 3.63) is 0 Å². The highest BCUT2D eigenvalue weighted by atomic mass is 32.3. The molecule has 3 N–H and O–H groups in total. The van der Waals surface area contributed by atoms with Crippen molar-refractivity contribution in [2.24, 2.45) is 0 Å². The zero-order valence-corrected chi connectivity index (χ0v) is 30.5. The minimum Gasteiger partial charge on any atom is -0.748 e. The predicted molar refractivity (Wildman–Crippen MR) is 172 cm³/mol. The largest absolute Gasteiger partial charge is 0.748 e. The van der Waals surface area contributed by atoms with Gasteiger partial charge in [-0.25, -0.2) is 25.3 Å². The maximum atomic E-state index is 10.3. The molecule has 0 aromatic heterocycles. The van der Waals surface area contributed by atoms with Gasteiger partial charge in [0.05, 0.1) is 85.2 Å². The van der Waals surface area contributed by atoms with E-state index in [2.05, 4.69) is 25.0 Å². The van der Waals surface area contributed by atoms with E-state index >= 15 is 0 Å². The van der Waals surface area contributed by atoms with Gasteiger partial charge < -0.3 is 28.4 Å². The lowest BCUT2D eigenvalue weighted by Crippen LogP contribution is -3.09. The van der Waals surface area contributed by atoms with Gasteiger partial charge in [-0.1, -0.05) is 40.0 Å². The first-order valence-electron chi connectivity index (χ1n) is 17.1. The van der Waals surface area contributed by atoms with E-state index in [4.69, 9.17) is 0 Å². The number of likely N-dealkylation sites (tertiary alicyclic amines) is 3. The zero-order chi connectivity index (χ0) is 34.2. The van der Waals surface area contributed by atoms with E-state index in [0.717, 1.165) is 0 Å². The molecule has 3 saturated heterocycles. The van der Waals surface area contributed by atoms with Crippen LogP contribution in [0.15, 0.2) is 0 Å². The summed E-state index contributed by atoms with van der Waals surface area (Å²) < 4.78 is 96.3. The van der Waals surface area contributed by atoms with Crippen LogP contribution < -0.4 is 14.7 Å². The van der Waals surface area contributed by atoms with Gasteiger partial charge in [-0.05, 0) is 32.1 Å². The number of rotatable bonds is 17. The summed E-state index contributed by atoms with van der Waals surface area (Å²) in [6.45, 7) is 19.8. The quantitative estimate of drug-likeness (QED) is 0.126. The van der Waals surface area contributed by atoms with Crippen LogP contribution in [-0.2, 0) is 34.8 Å². The van der Waals surface area contributed by atoms with Crippen LogP contribution in [0.3, 0.4) is 0 Å². The SMILES string of the molecule is CCCC[NH+]1CCCC1.CCCC[NH+]1CCCC1.CCCC[NH+]1CCCC1.O=S(=O)([O-])CCC(CCS(=O)(=O)[O-])OS(=O)(=O)[O-]. The Balaban J connectivity index is 0.000000607. The summed E-state index contributed by atoms with van der Waals surface area (Å²) in [5, 5.41) is 0. The molecule has 0 radical (unpaired) electrons. The standard InChI is InChI=1S/3C8H17N.C5H12O10S3/c3*1-2-3-6-9-7-4-5-8-9;6-16(7,8)3-1-5(15-18(12,13)14)2-4-17(9,10)11/h3*2-8H2,1H3;5H,1-4H2,(H,6,7,8)(H,9,10,11)(H,12,13,14). The van der Waals surface area contributed by atoms with E-state index in [1.54, 1.807) is 0 Å². The van der Waals surface area contributed by atoms with Crippen molar-refractivity contribution in [1.29, 1.82) is 0 Å². The Kier molecular flexibility index (Phi) is 25.3. The summed E-state index contributed by atoms with van der Waals surface area (Å²) in [4.78, 5) is 5.53. The van der Waals surface area contributed by atoms with E-state index in [1.165, 1.54) is 136 Å². The lowest BCUT2D eigenvalue weighted by molar-refractivity contribution is -0.887. The predicted octanol–water partition coefficient (Wildman–Crippen LogP) is -0.902. The van der Waals surface area contributed by atoms with Crippen molar-refractivity contribution in [1.82, 2.24) is 0 Å². The van der Waals surface area contributed by atoms with E-state index in [0.29, 0.717) is 0 Å². The fraction of sp³-hybridized carbons (Fsp3) is 1.00. The molecular formula is C29H63N3O10S3. The Bertz CT molecular complexity index is 942. The van der Waals surface area contributed by atoms with Crippen LogP contribution in [0.5, 0.6) is 0 Å². The van der Waals surface area contributed by atoms with Gasteiger partial charge in [0.15, 0.2) is 0 Å². The van der Waals surface area contributed by atoms with Crippen LogP contribution in [0, 0.1) is 0 Å². The Morgan fingerprint density at radius 2 is 0.800 bits per heavy atom. The monoisotopic (exact) mass is 709 g/mol. The van der Waals surface area contributed by atoms with Gasteiger partial charge in [-0.3, -0.25) is 4.18 Å². The van der Waals surface area contributed by atoms with Crippen LogP contribution in [-0.4, -0.2) is 115 Å². The third-order valence-corrected chi connectivity index (χ3v) is 10.2. The average Bonchev–Trinajstić information content (AvgIpc) is 3.75. The highest BCUT2D eigenvalue weighted by Crippen LogP contribution is 2.10. The summed E-state index contributed by atoms with van der Waals surface area (Å²) in [5.41, 5.74) is 0. The maximum Gasteiger partial charge on any atom is 0.217 e. The van der Waals surface area contributed by atoms with E-state index in [1.807, 2.05) is 14.7 Å². The molecule has 0 spiro atoms. The molecule has 3 heterocycles. The maximum absolute atomic E-state index is 10.3. The second-order valence-electron chi connectivity index (χ2n) is 12.4. The van der Waals surface area contributed by atoms with Gasteiger partial charge in [-0.2, -0.15) is 0 Å². The lowest BCUT2D eigenvalue weighted by atomic mass is 10.2. The first-order valence-corrected chi connectivity index (χ1v) is 21.6. The Labute approximate surface area is 274 Å². The summed E-state index contributed by atoms with van der Waals surface area (Å²) >= 11 is 0. The van der Waals surface area contributed by atoms with Crippen molar-refractivity contribution < 1.29 is 57.8 Å². The molecule has 13 nitrogen and oxygen atoms in total. The van der Waals surface area contributed by atoms with E-state index < -0.39 is 61.1 Å². The molecule has 3 aliphatic heterocycles. The number of unbranched alkanes of at least 4 members (excludes halogenated alkanes) is 3. The second-order valence-corrected chi connectivity index (χ2v) is 16.5. The summed E-state index contributed by atoms with van der Waals surface area (Å²) in [6.07, 6.45) is 14.1. The molecule has 0 bridgehead atoms. The number of quaternary nitrogens is 3. The number of nitrogens with one attached hydrogen (secondary N) is 3. The Morgan fingerprint density at radius 3 is 1.00 bits per heavy atom. The van der Waals surface area contributed by atoms with Crippen LogP contribution in [0.2, 0.25) is 0 Å². The summed E-state index contributed by atoms with van der Waals surface area (Å²) in [6, 6.07) is 0. The topological polar surface area (TPSA) is 194 Å². The van der Waals surface area contributed by atoms with Gasteiger partial charge in [-0.15, -0.1) is 0 Å². The normalized spacial score (nSPS) is 18.2. The fourth-order valence-corrected chi connectivity index (χ4v) is 7.24. The van der Waals surface area contributed by atoms with E-state index in [-0.39, 0.29) is 0 Å². The molecule has 45 heavy (non-hydrogen) atoms. The van der Waals surface area contributed by atoms with Gasteiger partial charge in [0.2, 0.25) is 10.4 Å². The third kappa shape index (κ3) is 30.6. The minimum atomic E-state index is -5.20. The van der Waals surface area contributed by atoms with Gasteiger partial charge in [0.25, 0.3) is 0 Å². The molecule has 3 aliphatic rings. The Hall–Kier alpha value is -0.430. The molecule has 272 valence electrons. The zero-order valence-electron chi connectivity index (χ0n) is 28.1. The number of hydrogen-bond acceptors (Lipinski definition) is 10. The fourth-order valence-electron chi connectivity index (χ4n) is 5.61. The second kappa shape index (κ2) is 25.6. The highest BCUT2D eigenvalue weighted by molar-refractivity contribution is 7.86. The van der Waals surface area contributed by atoms with Crippen molar-refractivity contribution in [2.75, 3.05) is 70.4 Å². The molecule has 0 atom stereocenters. The molecule has 3 rings (SSSR count). The molecule has 0 aromatic rings. The average molecular weight is 710 g/mol. The first-order chi connectivity index (χ1) is 21.1. The van der Waals surface area contributed by atoms with Gasteiger partial charge in [0.1, 0.15) is 0 Å². The molecule has 0 saturated carbocycles. The van der Waals surface area contributed by atoms with Crippen LogP contribution in [0.1, 0.15) is 111 Å². The molecule has 3 fully saturated rings. The van der Waals surface area contributed by atoms with Crippen molar-refractivity contribution in [3.63, 3.8) is 0 Å². The minimum absolute atomic E-state index is 0.706. The summed E-state index contributed by atoms with van der Waals surface area (Å²) in [5.74, 6) is -2.10. The van der Waals surface area contributed by atoms with Gasteiger partial charge in [0, 0.05) is 50.0 Å². The number of hydrogen-bond donors (Lipinski definition) is 3. The first kappa shape index (κ1) is 44.6. The third-order valence-electron chi connectivity index (χ3n) is 8.22. The molecule has 16 heteroatoms. The van der Waals surface area contributed by atoms with Crippen molar-refractivity contribution in [3.8, 4) is 0 Å². The van der Waals surface area contributed by atoms with Gasteiger partial charge >= 0.3 is 0 Å². The van der Waals surface area contributed by atoms with Crippen LogP contribution >= 0.6 is 0 Å². The van der Waals surface area contributed by atoms with Crippen molar-refractivity contribution >= 4 is 30.6 Å². The highest BCUT2D eigenvalue weighted by Gasteiger charge is 2.17. The van der Waals surface area contributed by atoms with Crippen LogP contribution in [0.4, 0.5) is 0 Å². The smallest absolute Gasteiger partial charge is 0.217 e. The molecular weight excluding hydrogens is 647 g/mol.